The van der Waals surface area contributed by atoms with E-state index in [0.717, 1.165) is 21.1 Å². The fourth-order valence-corrected chi connectivity index (χ4v) is 3.20. The first kappa shape index (κ1) is 10.5. The van der Waals surface area contributed by atoms with Gasteiger partial charge in [-0.15, -0.1) is 22.7 Å². The SMILES string of the molecule is Oc1ccccc1-c1nc(-c2cccs2)cs1. The Morgan fingerprint density at radius 2 is 1.88 bits per heavy atom. The maximum atomic E-state index is 9.77. The fraction of sp³-hybridized carbons (Fsp3) is 0. The van der Waals surface area contributed by atoms with Crippen LogP contribution in [0.3, 0.4) is 0 Å². The molecule has 1 N–H and O–H groups in total. The molecule has 0 unspecified atom stereocenters. The summed E-state index contributed by atoms with van der Waals surface area (Å²) in [5.74, 6) is 0.277. The van der Waals surface area contributed by atoms with Crippen LogP contribution in [0.5, 0.6) is 5.75 Å². The number of thiazole rings is 1. The third kappa shape index (κ3) is 1.97. The van der Waals surface area contributed by atoms with Crippen LogP contribution >= 0.6 is 22.7 Å². The average Bonchev–Trinajstić information content (AvgIpc) is 3.00. The van der Waals surface area contributed by atoms with E-state index in [2.05, 4.69) is 4.98 Å². The molecule has 3 rings (SSSR count). The van der Waals surface area contributed by atoms with Crippen molar-refractivity contribution in [3.05, 3.63) is 47.2 Å². The molecule has 17 heavy (non-hydrogen) atoms. The molecule has 0 spiro atoms. The van der Waals surface area contributed by atoms with Gasteiger partial charge in [-0.1, -0.05) is 18.2 Å². The highest BCUT2D eigenvalue weighted by Crippen LogP contribution is 2.34. The van der Waals surface area contributed by atoms with Crippen molar-refractivity contribution in [2.24, 2.45) is 0 Å². The molecule has 0 atom stereocenters. The van der Waals surface area contributed by atoms with Crippen molar-refractivity contribution in [3.8, 4) is 26.9 Å². The number of nitrogens with zero attached hydrogens (tertiary/aromatic N) is 1. The Morgan fingerprint density at radius 3 is 2.65 bits per heavy atom. The third-order valence-corrected chi connectivity index (χ3v) is 4.18. The highest BCUT2D eigenvalue weighted by atomic mass is 32.1. The number of thiophene rings is 1. The summed E-state index contributed by atoms with van der Waals surface area (Å²) in [5, 5.41) is 14.7. The van der Waals surface area contributed by atoms with E-state index in [9.17, 15) is 5.11 Å². The molecular weight excluding hydrogens is 250 g/mol. The summed E-state index contributed by atoms with van der Waals surface area (Å²) in [6.45, 7) is 0. The molecule has 0 saturated heterocycles. The van der Waals surface area contributed by atoms with Gasteiger partial charge in [0.1, 0.15) is 10.8 Å². The minimum absolute atomic E-state index is 0.277. The van der Waals surface area contributed by atoms with Crippen molar-refractivity contribution < 1.29 is 5.11 Å². The van der Waals surface area contributed by atoms with E-state index in [0.29, 0.717) is 0 Å². The Hall–Kier alpha value is -1.65. The summed E-state index contributed by atoms with van der Waals surface area (Å²) in [4.78, 5) is 5.71. The first-order valence-electron chi connectivity index (χ1n) is 5.12. The summed E-state index contributed by atoms with van der Waals surface area (Å²) in [7, 11) is 0. The molecule has 0 bridgehead atoms. The number of aromatic hydroxyl groups is 1. The van der Waals surface area contributed by atoms with E-state index >= 15 is 0 Å². The number of aromatic nitrogens is 1. The van der Waals surface area contributed by atoms with Gasteiger partial charge in [-0.05, 0) is 23.6 Å². The van der Waals surface area contributed by atoms with E-state index in [4.69, 9.17) is 0 Å². The molecule has 0 aliphatic heterocycles. The fourth-order valence-electron chi connectivity index (χ4n) is 1.59. The summed E-state index contributed by atoms with van der Waals surface area (Å²) < 4.78 is 0. The van der Waals surface area contributed by atoms with Crippen LogP contribution in [-0.2, 0) is 0 Å². The van der Waals surface area contributed by atoms with Crippen LogP contribution in [0.25, 0.3) is 21.1 Å². The van der Waals surface area contributed by atoms with Crippen LogP contribution in [-0.4, -0.2) is 10.1 Å². The Kier molecular flexibility index (Phi) is 2.66. The molecule has 84 valence electrons. The van der Waals surface area contributed by atoms with Crippen LogP contribution in [0.2, 0.25) is 0 Å². The van der Waals surface area contributed by atoms with Crippen molar-refractivity contribution in [1.29, 1.82) is 0 Å². The van der Waals surface area contributed by atoms with Gasteiger partial charge < -0.3 is 5.11 Å². The second-order valence-corrected chi connectivity index (χ2v) is 5.34. The number of phenols is 1. The molecular formula is C13H9NOS2. The molecule has 1 aromatic carbocycles. The Balaban J connectivity index is 2.04. The van der Waals surface area contributed by atoms with Crippen LogP contribution in [0.1, 0.15) is 0 Å². The third-order valence-electron chi connectivity index (χ3n) is 2.41. The molecule has 2 heterocycles. The molecule has 3 aromatic rings. The topological polar surface area (TPSA) is 33.1 Å². The van der Waals surface area contributed by atoms with E-state index in [1.807, 2.05) is 41.1 Å². The largest absolute Gasteiger partial charge is 0.507 e. The van der Waals surface area contributed by atoms with Crippen molar-refractivity contribution >= 4 is 22.7 Å². The molecule has 0 amide bonds. The zero-order valence-electron chi connectivity index (χ0n) is 8.83. The highest BCUT2D eigenvalue weighted by Gasteiger charge is 2.09. The van der Waals surface area contributed by atoms with Crippen LogP contribution < -0.4 is 0 Å². The van der Waals surface area contributed by atoms with E-state index in [1.165, 1.54) is 0 Å². The van der Waals surface area contributed by atoms with Crippen LogP contribution in [0, 0.1) is 0 Å². The number of hydrogen-bond donors (Lipinski definition) is 1. The highest BCUT2D eigenvalue weighted by molar-refractivity contribution is 7.15. The smallest absolute Gasteiger partial charge is 0.127 e. The van der Waals surface area contributed by atoms with E-state index < -0.39 is 0 Å². The summed E-state index contributed by atoms with van der Waals surface area (Å²) in [5.41, 5.74) is 1.77. The van der Waals surface area contributed by atoms with Gasteiger partial charge in [-0.3, -0.25) is 0 Å². The molecule has 2 nitrogen and oxygen atoms in total. The van der Waals surface area contributed by atoms with Crippen molar-refractivity contribution in [1.82, 2.24) is 4.98 Å². The van der Waals surface area contributed by atoms with Crippen molar-refractivity contribution in [2.45, 2.75) is 0 Å². The zero-order chi connectivity index (χ0) is 11.7. The minimum Gasteiger partial charge on any atom is -0.507 e. The lowest BCUT2D eigenvalue weighted by atomic mass is 10.2. The predicted molar refractivity (Wildman–Crippen MR) is 72.5 cm³/mol. The monoisotopic (exact) mass is 259 g/mol. The van der Waals surface area contributed by atoms with Gasteiger partial charge in [0.2, 0.25) is 0 Å². The number of para-hydroxylation sites is 1. The molecule has 0 aliphatic carbocycles. The van der Waals surface area contributed by atoms with Crippen LogP contribution in [0.4, 0.5) is 0 Å². The van der Waals surface area contributed by atoms with E-state index in [1.54, 1.807) is 28.7 Å². The quantitative estimate of drug-likeness (QED) is 0.746. The van der Waals surface area contributed by atoms with Crippen LogP contribution in [0.15, 0.2) is 47.2 Å². The summed E-state index contributed by atoms with van der Waals surface area (Å²) >= 11 is 3.22. The Bertz CT molecular complexity index is 628. The molecule has 0 saturated carbocycles. The molecule has 0 radical (unpaired) electrons. The van der Waals surface area contributed by atoms with Gasteiger partial charge in [0, 0.05) is 5.38 Å². The Labute approximate surface area is 107 Å². The average molecular weight is 259 g/mol. The van der Waals surface area contributed by atoms with Gasteiger partial charge >= 0.3 is 0 Å². The van der Waals surface area contributed by atoms with Gasteiger partial charge in [-0.25, -0.2) is 4.98 Å². The minimum atomic E-state index is 0.277. The molecule has 2 aromatic heterocycles. The molecule has 0 aliphatic rings. The standard InChI is InChI=1S/C13H9NOS2/c15-11-5-2-1-4-9(11)13-14-10(8-17-13)12-6-3-7-16-12/h1-8,15H. The number of phenolic OH excluding ortho intramolecular Hbond substituents is 1. The zero-order valence-corrected chi connectivity index (χ0v) is 10.5. The number of rotatable bonds is 2. The predicted octanol–water partition coefficient (Wildman–Crippen LogP) is 4.24. The first-order chi connectivity index (χ1) is 8.34. The summed E-state index contributed by atoms with van der Waals surface area (Å²) in [6.07, 6.45) is 0. The van der Waals surface area contributed by atoms with Gasteiger partial charge in [-0.2, -0.15) is 0 Å². The molecule has 0 fully saturated rings. The number of benzene rings is 1. The van der Waals surface area contributed by atoms with E-state index in [-0.39, 0.29) is 5.75 Å². The van der Waals surface area contributed by atoms with Crippen molar-refractivity contribution in [3.63, 3.8) is 0 Å². The van der Waals surface area contributed by atoms with Gasteiger partial charge in [0.25, 0.3) is 0 Å². The lowest BCUT2D eigenvalue weighted by molar-refractivity contribution is 0.477. The van der Waals surface area contributed by atoms with Gasteiger partial charge in [0.15, 0.2) is 0 Å². The molecule has 4 heteroatoms. The van der Waals surface area contributed by atoms with Gasteiger partial charge in [0.05, 0.1) is 16.1 Å². The lowest BCUT2D eigenvalue weighted by Gasteiger charge is -1.98. The normalized spacial score (nSPS) is 10.6. The second kappa shape index (κ2) is 4.31. The summed E-state index contributed by atoms with van der Waals surface area (Å²) in [6, 6.07) is 11.3. The maximum Gasteiger partial charge on any atom is 0.127 e. The first-order valence-corrected chi connectivity index (χ1v) is 6.88. The number of hydrogen-bond acceptors (Lipinski definition) is 4. The maximum absolute atomic E-state index is 9.77. The Morgan fingerprint density at radius 1 is 1.00 bits per heavy atom. The lowest BCUT2D eigenvalue weighted by Crippen LogP contribution is -1.77. The van der Waals surface area contributed by atoms with Crippen molar-refractivity contribution in [2.75, 3.05) is 0 Å². The second-order valence-electron chi connectivity index (χ2n) is 3.53.